The molecular formula is C15H22N2O2S. The Balaban J connectivity index is 2.00. The maximum Gasteiger partial charge on any atom is 0.140 e. The zero-order chi connectivity index (χ0) is 14.5. The quantitative estimate of drug-likeness (QED) is 0.899. The molecule has 0 spiro atoms. The first-order valence-electron chi connectivity index (χ1n) is 6.93. The molecule has 2 rings (SSSR count). The van der Waals surface area contributed by atoms with E-state index in [-0.39, 0.29) is 5.78 Å². The van der Waals surface area contributed by atoms with Crippen LogP contribution in [-0.2, 0) is 11.2 Å². The summed E-state index contributed by atoms with van der Waals surface area (Å²) in [5.74, 6) is 3.25. The topological polar surface area (TPSA) is 51.2 Å². The normalized spacial score (nSPS) is 18.9. The number of Topliss-reactive ketones (excluding diaryl/α,β-unsaturated/α-hetero) is 1. The van der Waals surface area contributed by atoms with E-state index in [2.05, 4.69) is 10.3 Å². The van der Waals surface area contributed by atoms with Crippen molar-refractivity contribution in [3.8, 4) is 5.75 Å². The molecule has 1 saturated heterocycles. The second kappa shape index (κ2) is 7.09. The number of thioether (sulfide) groups is 1. The Kier molecular flexibility index (Phi) is 5.43. The number of nitrogens with one attached hydrogen (secondary N) is 1. The lowest BCUT2D eigenvalue weighted by Gasteiger charge is -2.22. The molecular weight excluding hydrogens is 272 g/mol. The third-order valence-electron chi connectivity index (χ3n) is 3.59. The average molecular weight is 294 g/mol. The first kappa shape index (κ1) is 15.3. The van der Waals surface area contributed by atoms with Crippen LogP contribution in [-0.4, -0.2) is 42.0 Å². The Bertz CT molecular complexity index is 485. The molecule has 1 aromatic rings. The molecule has 1 atom stereocenters. The fourth-order valence-electron chi connectivity index (χ4n) is 2.53. The van der Waals surface area contributed by atoms with Crippen molar-refractivity contribution < 1.29 is 9.53 Å². The van der Waals surface area contributed by atoms with Gasteiger partial charge in [0.05, 0.1) is 12.8 Å². The lowest BCUT2D eigenvalue weighted by molar-refractivity contribution is -0.118. The molecule has 0 aromatic carbocycles. The van der Waals surface area contributed by atoms with E-state index in [9.17, 15) is 4.79 Å². The minimum absolute atomic E-state index is 0.242. The van der Waals surface area contributed by atoms with Gasteiger partial charge in [-0.15, -0.1) is 0 Å². The summed E-state index contributed by atoms with van der Waals surface area (Å²) in [6.07, 6.45) is 2.76. The number of aromatic nitrogens is 1. The highest BCUT2D eigenvalue weighted by Crippen LogP contribution is 2.24. The molecule has 1 aliphatic rings. The van der Waals surface area contributed by atoms with Gasteiger partial charge in [0.15, 0.2) is 0 Å². The Hall–Kier alpha value is -1.07. The highest BCUT2D eigenvalue weighted by Gasteiger charge is 2.18. The second-order valence-electron chi connectivity index (χ2n) is 5.19. The van der Waals surface area contributed by atoms with Gasteiger partial charge in [0.2, 0.25) is 0 Å². The number of methoxy groups -OCH3 is 1. The lowest BCUT2D eigenvalue weighted by atomic mass is 10.0. The summed E-state index contributed by atoms with van der Waals surface area (Å²) < 4.78 is 5.38. The first-order valence-corrected chi connectivity index (χ1v) is 8.09. The molecule has 1 fully saturated rings. The number of rotatable bonds is 5. The number of hydrogen-bond acceptors (Lipinski definition) is 5. The third kappa shape index (κ3) is 3.73. The summed E-state index contributed by atoms with van der Waals surface area (Å²) in [6, 6.07) is 0.314. The highest BCUT2D eigenvalue weighted by molar-refractivity contribution is 7.99. The number of pyridine rings is 1. The molecule has 0 amide bonds. The van der Waals surface area contributed by atoms with Crippen molar-refractivity contribution in [2.45, 2.75) is 32.7 Å². The van der Waals surface area contributed by atoms with Gasteiger partial charge in [0, 0.05) is 54.3 Å². The van der Waals surface area contributed by atoms with Gasteiger partial charge >= 0.3 is 0 Å². The zero-order valence-corrected chi connectivity index (χ0v) is 13.2. The van der Waals surface area contributed by atoms with Crippen molar-refractivity contribution >= 4 is 17.5 Å². The van der Waals surface area contributed by atoms with Gasteiger partial charge < -0.3 is 10.1 Å². The fraction of sp³-hybridized carbons (Fsp3) is 0.600. The minimum atomic E-state index is 0.242. The van der Waals surface area contributed by atoms with Gasteiger partial charge in [-0.05, 0) is 13.8 Å². The van der Waals surface area contributed by atoms with Gasteiger partial charge in [-0.2, -0.15) is 11.8 Å². The SMILES string of the molecule is COc1c(C)cnc(CC(=O)CC2CSCCN2)c1C. The molecule has 1 aliphatic heterocycles. The van der Waals surface area contributed by atoms with E-state index in [4.69, 9.17) is 4.74 Å². The highest BCUT2D eigenvalue weighted by atomic mass is 32.2. The predicted molar refractivity (Wildman–Crippen MR) is 82.7 cm³/mol. The van der Waals surface area contributed by atoms with E-state index >= 15 is 0 Å². The summed E-state index contributed by atoms with van der Waals surface area (Å²) in [6.45, 7) is 4.93. The van der Waals surface area contributed by atoms with E-state index in [1.54, 1.807) is 13.3 Å². The molecule has 5 heteroatoms. The number of carbonyl (C=O) groups is 1. The molecule has 0 radical (unpaired) electrons. The van der Waals surface area contributed by atoms with Crippen molar-refractivity contribution in [2.75, 3.05) is 25.2 Å². The maximum atomic E-state index is 12.2. The van der Waals surface area contributed by atoms with Gasteiger partial charge in [-0.3, -0.25) is 9.78 Å². The van der Waals surface area contributed by atoms with E-state index in [0.29, 0.717) is 18.9 Å². The van der Waals surface area contributed by atoms with Gasteiger partial charge in [-0.1, -0.05) is 0 Å². The van der Waals surface area contributed by atoms with Crippen molar-refractivity contribution in [1.82, 2.24) is 10.3 Å². The Morgan fingerprint density at radius 3 is 3.00 bits per heavy atom. The largest absolute Gasteiger partial charge is 0.496 e. The third-order valence-corrected chi connectivity index (χ3v) is 4.72. The van der Waals surface area contributed by atoms with Crippen molar-refractivity contribution in [3.63, 3.8) is 0 Å². The van der Waals surface area contributed by atoms with Crippen molar-refractivity contribution in [3.05, 3.63) is 23.0 Å². The summed E-state index contributed by atoms with van der Waals surface area (Å²) in [5, 5.41) is 3.40. The van der Waals surface area contributed by atoms with Crippen LogP contribution in [0.4, 0.5) is 0 Å². The van der Waals surface area contributed by atoms with Gasteiger partial charge in [0.25, 0.3) is 0 Å². The van der Waals surface area contributed by atoms with Crippen molar-refractivity contribution in [2.24, 2.45) is 0 Å². The van der Waals surface area contributed by atoms with Crippen LogP contribution in [0.5, 0.6) is 5.75 Å². The Labute approximate surface area is 124 Å². The number of ketones is 1. The Morgan fingerprint density at radius 1 is 1.55 bits per heavy atom. The number of carbonyl (C=O) groups excluding carboxylic acids is 1. The van der Waals surface area contributed by atoms with Crippen molar-refractivity contribution in [1.29, 1.82) is 0 Å². The monoisotopic (exact) mass is 294 g/mol. The second-order valence-corrected chi connectivity index (χ2v) is 6.34. The number of ether oxygens (including phenoxy) is 1. The molecule has 110 valence electrons. The number of aryl methyl sites for hydroxylation is 1. The van der Waals surface area contributed by atoms with Crippen LogP contribution in [0.2, 0.25) is 0 Å². The van der Waals surface area contributed by atoms with Crippen LogP contribution in [0.15, 0.2) is 6.20 Å². The van der Waals surface area contributed by atoms with E-state index in [1.807, 2.05) is 25.6 Å². The summed E-state index contributed by atoms with van der Waals surface area (Å²) >= 11 is 1.91. The van der Waals surface area contributed by atoms with Crippen LogP contribution < -0.4 is 10.1 Å². The standard InChI is InChI=1S/C15H22N2O2S/c1-10-8-17-14(11(2)15(10)19-3)7-13(18)6-12-9-20-5-4-16-12/h8,12,16H,4-7,9H2,1-3H3. The number of hydrogen-bond donors (Lipinski definition) is 1. The molecule has 4 nitrogen and oxygen atoms in total. The molecule has 0 bridgehead atoms. The molecule has 2 heterocycles. The summed E-state index contributed by atoms with van der Waals surface area (Å²) in [5.41, 5.74) is 2.82. The van der Waals surface area contributed by atoms with Gasteiger partial charge in [-0.25, -0.2) is 0 Å². The summed E-state index contributed by atoms with van der Waals surface area (Å²) in [4.78, 5) is 16.6. The van der Waals surface area contributed by atoms with Gasteiger partial charge in [0.1, 0.15) is 11.5 Å². The fourth-order valence-corrected chi connectivity index (χ4v) is 3.48. The predicted octanol–water partition coefficient (Wildman–Crippen LogP) is 1.91. The maximum absolute atomic E-state index is 12.2. The van der Waals surface area contributed by atoms with E-state index in [0.717, 1.165) is 40.6 Å². The molecule has 1 aromatic heterocycles. The molecule has 1 unspecified atom stereocenters. The smallest absolute Gasteiger partial charge is 0.140 e. The van der Waals surface area contributed by atoms with E-state index in [1.165, 1.54) is 0 Å². The van der Waals surface area contributed by atoms with Crippen LogP contribution in [0.1, 0.15) is 23.2 Å². The lowest BCUT2D eigenvalue weighted by Crippen LogP contribution is -2.39. The minimum Gasteiger partial charge on any atom is -0.496 e. The first-order chi connectivity index (χ1) is 9.61. The average Bonchev–Trinajstić information content (AvgIpc) is 2.44. The van der Waals surface area contributed by atoms with Crippen LogP contribution in [0, 0.1) is 13.8 Å². The molecule has 20 heavy (non-hydrogen) atoms. The molecule has 0 aliphatic carbocycles. The Morgan fingerprint density at radius 2 is 2.35 bits per heavy atom. The zero-order valence-electron chi connectivity index (χ0n) is 12.4. The van der Waals surface area contributed by atoms with Crippen LogP contribution in [0.25, 0.3) is 0 Å². The number of nitrogens with zero attached hydrogens (tertiary/aromatic N) is 1. The summed E-state index contributed by atoms with van der Waals surface area (Å²) in [7, 11) is 1.66. The molecule has 1 N–H and O–H groups in total. The van der Waals surface area contributed by atoms with Crippen LogP contribution >= 0.6 is 11.8 Å². The van der Waals surface area contributed by atoms with Crippen LogP contribution in [0.3, 0.4) is 0 Å². The molecule has 0 saturated carbocycles. The van der Waals surface area contributed by atoms with E-state index < -0.39 is 0 Å².